The zero-order valence-electron chi connectivity index (χ0n) is 17.0. The fourth-order valence-corrected chi connectivity index (χ4v) is 3.79. The third kappa shape index (κ3) is 7.89. The fourth-order valence-electron chi connectivity index (χ4n) is 2.64. The molecule has 30 heavy (non-hydrogen) atoms. The average molecular weight is 475 g/mol. The minimum absolute atomic E-state index is 0.405. The van der Waals surface area contributed by atoms with Crippen LogP contribution in [0, 0.1) is 0 Å². The van der Waals surface area contributed by atoms with Gasteiger partial charge in [0.1, 0.15) is 0 Å². The monoisotopic (exact) mass is 474 g/mol. The van der Waals surface area contributed by atoms with E-state index in [-0.39, 0.29) is 0 Å². The number of aliphatic hydroxyl groups is 1. The van der Waals surface area contributed by atoms with Crippen LogP contribution in [0.15, 0.2) is 73.1 Å². The first-order valence-electron chi connectivity index (χ1n) is 9.39. The standard InChI is InChI=1S/C23H26N2OS4/c1-29-22(27)20(17-9-5-3-6-10-17)15-24-13-19(26)14-25-16-21(23(28)30-2)18-11-7-4-8-12-18/h3-12,15-16,19,24-26H,13-14H2,1-2H3/b20-15-,21-16-. The molecule has 0 aromatic heterocycles. The van der Waals surface area contributed by atoms with E-state index in [0.717, 1.165) is 30.7 Å². The Labute approximate surface area is 198 Å². The minimum Gasteiger partial charge on any atom is -0.389 e. The molecule has 0 atom stereocenters. The normalized spacial score (nSPS) is 12.0. The molecule has 0 saturated carbocycles. The molecule has 2 aromatic rings. The van der Waals surface area contributed by atoms with E-state index < -0.39 is 6.10 Å². The molecule has 0 heterocycles. The van der Waals surface area contributed by atoms with Gasteiger partial charge in [-0.2, -0.15) is 0 Å². The SMILES string of the molecule is CSC(=S)/C(=C\NCC(O)CN/C=C(\C(=S)SC)c1ccccc1)c1ccccc1. The van der Waals surface area contributed by atoms with Gasteiger partial charge in [-0.15, -0.1) is 23.5 Å². The van der Waals surface area contributed by atoms with Gasteiger partial charge >= 0.3 is 0 Å². The Bertz CT molecular complexity index is 809. The Hall–Kier alpha value is -1.64. The number of hydrogen-bond donors (Lipinski definition) is 3. The summed E-state index contributed by atoms with van der Waals surface area (Å²) in [5.41, 5.74) is 4.01. The quantitative estimate of drug-likeness (QED) is 0.331. The lowest BCUT2D eigenvalue weighted by Gasteiger charge is -2.14. The summed E-state index contributed by atoms with van der Waals surface area (Å²) in [6, 6.07) is 20.0. The lowest BCUT2D eigenvalue weighted by Crippen LogP contribution is -2.32. The van der Waals surface area contributed by atoms with Crippen LogP contribution in [0.5, 0.6) is 0 Å². The number of hydrogen-bond acceptors (Lipinski definition) is 7. The Balaban J connectivity index is 1.95. The molecule has 3 N–H and O–H groups in total. The number of nitrogens with one attached hydrogen (secondary N) is 2. The molecule has 0 saturated heterocycles. The molecule has 0 unspecified atom stereocenters. The Morgan fingerprint density at radius 2 is 1.17 bits per heavy atom. The van der Waals surface area contributed by atoms with Crippen LogP contribution in [0.4, 0.5) is 0 Å². The van der Waals surface area contributed by atoms with Gasteiger partial charge in [-0.25, -0.2) is 0 Å². The topological polar surface area (TPSA) is 44.3 Å². The Morgan fingerprint density at radius 3 is 1.50 bits per heavy atom. The molecule has 0 aliphatic rings. The van der Waals surface area contributed by atoms with Crippen LogP contribution in [0.2, 0.25) is 0 Å². The molecule has 2 rings (SSSR count). The summed E-state index contributed by atoms with van der Waals surface area (Å²) in [4.78, 5) is 0. The van der Waals surface area contributed by atoms with Crippen molar-refractivity contribution in [2.75, 3.05) is 25.6 Å². The van der Waals surface area contributed by atoms with Crippen LogP contribution >= 0.6 is 48.0 Å². The summed E-state index contributed by atoms with van der Waals surface area (Å²) >= 11 is 14.0. The first-order valence-corrected chi connectivity index (χ1v) is 12.7. The highest BCUT2D eigenvalue weighted by Crippen LogP contribution is 2.22. The Morgan fingerprint density at radius 1 is 0.800 bits per heavy atom. The van der Waals surface area contributed by atoms with Crippen LogP contribution in [-0.2, 0) is 0 Å². The maximum absolute atomic E-state index is 10.3. The maximum atomic E-state index is 10.3. The fraction of sp³-hybridized carbons (Fsp3) is 0.217. The average Bonchev–Trinajstić information content (AvgIpc) is 2.79. The van der Waals surface area contributed by atoms with Crippen molar-refractivity contribution in [1.29, 1.82) is 0 Å². The summed E-state index contributed by atoms with van der Waals surface area (Å²) in [5, 5.41) is 16.7. The lowest BCUT2D eigenvalue weighted by molar-refractivity contribution is 0.177. The number of benzene rings is 2. The van der Waals surface area contributed by atoms with Crippen molar-refractivity contribution in [2.24, 2.45) is 0 Å². The zero-order valence-corrected chi connectivity index (χ0v) is 20.3. The molecule has 7 heteroatoms. The maximum Gasteiger partial charge on any atom is 0.0884 e. The number of aliphatic hydroxyl groups excluding tert-OH is 1. The molecular formula is C23H26N2OS4. The molecule has 3 nitrogen and oxygen atoms in total. The van der Waals surface area contributed by atoms with Crippen LogP contribution in [0.25, 0.3) is 11.1 Å². The van der Waals surface area contributed by atoms with E-state index in [0.29, 0.717) is 13.1 Å². The van der Waals surface area contributed by atoms with E-state index in [2.05, 4.69) is 10.6 Å². The molecule has 0 aliphatic heterocycles. The van der Waals surface area contributed by atoms with Gasteiger partial charge in [0.2, 0.25) is 0 Å². The van der Waals surface area contributed by atoms with E-state index in [1.54, 1.807) is 0 Å². The van der Waals surface area contributed by atoms with Crippen molar-refractivity contribution in [1.82, 2.24) is 10.6 Å². The van der Waals surface area contributed by atoms with Gasteiger partial charge in [0, 0.05) is 36.6 Å². The lowest BCUT2D eigenvalue weighted by atomic mass is 10.1. The second-order valence-corrected chi connectivity index (χ2v) is 9.27. The second kappa shape index (κ2) is 13.6. The van der Waals surface area contributed by atoms with E-state index in [1.165, 1.54) is 23.5 Å². The van der Waals surface area contributed by atoms with Crippen LogP contribution in [0.1, 0.15) is 11.1 Å². The van der Waals surface area contributed by atoms with E-state index in [9.17, 15) is 5.11 Å². The van der Waals surface area contributed by atoms with Crippen molar-refractivity contribution < 1.29 is 5.11 Å². The highest BCUT2D eigenvalue weighted by Gasteiger charge is 2.09. The molecule has 0 radical (unpaired) electrons. The van der Waals surface area contributed by atoms with Crippen molar-refractivity contribution in [3.8, 4) is 0 Å². The molecule has 0 aliphatic carbocycles. The molecule has 0 spiro atoms. The molecule has 0 amide bonds. The van der Waals surface area contributed by atoms with E-state index in [4.69, 9.17) is 24.4 Å². The van der Waals surface area contributed by atoms with Gasteiger partial charge in [0.15, 0.2) is 0 Å². The molecule has 158 valence electrons. The summed E-state index contributed by atoms with van der Waals surface area (Å²) in [7, 11) is 0. The number of thiocarbonyl (C=S) groups is 2. The zero-order chi connectivity index (χ0) is 21.8. The van der Waals surface area contributed by atoms with Gasteiger partial charge in [-0.05, 0) is 23.6 Å². The summed E-state index contributed by atoms with van der Waals surface area (Å²) in [6.45, 7) is 0.809. The van der Waals surface area contributed by atoms with Gasteiger partial charge in [-0.1, -0.05) is 85.1 Å². The van der Waals surface area contributed by atoms with Gasteiger partial charge in [-0.3, -0.25) is 0 Å². The highest BCUT2D eigenvalue weighted by molar-refractivity contribution is 8.24. The predicted molar refractivity (Wildman–Crippen MR) is 143 cm³/mol. The van der Waals surface area contributed by atoms with E-state index >= 15 is 0 Å². The molecular weight excluding hydrogens is 449 g/mol. The third-order valence-electron chi connectivity index (χ3n) is 4.18. The minimum atomic E-state index is -0.572. The summed E-state index contributed by atoms with van der Waals surface area (Å²) in [6.07, 6.45) is 7.12. The largest absolute Gasteiger partial charge is 0.389 e. The van der Waals surface area contributed by atoms with Crippen molar-refractivity contribution >= 4 is 67.5 Å². The van der Waals surface area contributed by atoms with Crippen molar-refractivity contribution in [3.63, 3.8) is 0 Å². The summed E-state index contributed by atoms with van der Waals surface area (Å²) < 4.78 is 1.62. The smallest absolute Gasteiger partial charge is 0.0884 e. The van der Waals surface area contributed by atoms with Crippen LogP contribution in [0.3, 0.4) is 0 Å². The number of thioether (sulfide) groups is 2. The Kier molecular flexibility index (Phi) is 11.2. The van der Waals surface area contributed by atoms with Gasteiger partial charge < -0.3 is 15.7 Å². The van der Waals surface area contributed by atoms with Crippen molar-refractivity contribution in [3.05, 3.63) is 84.2 Å². The van der Waals surface area contributed by atoms with E-state index in [1.807, 2.05) is 85.6 Å². The molecule has 0 bridgehead atoms. The second-order valence-electron chi connectivity index (χ2n) is 6.30. The van der Waals surface area contributed by atoms with Gasteiger partial charge in [0.05, 0.1) is 14.5 Å². The summed E-state index contributed by atoms with van der Waals surface area (Å²) in [5.74, 6) is 0. The first-order chi connectivity index (χ1) is 14.6. The number of rotatable bonds is 10. The first kappa shape index (κ1) is 24.6. The molecule has 2 aromatic carbocycles. The highest BCUT2D eigenvalue weighted by atomic mass is 32.2. The van der Waals surface area contributed by atoms with Gasteiger partial charge in [0.25, 0.3) is 0 Å². The predicted octanol–water partition coefficient (Wildman–Crippen LogP) is 4.99. The van der Waals surface area contributed by atoms with Crippen LogP contribution < -0.4 is 10.6 Å². The molecule has 0 fully saturated rings. The third-order valence-corrected chi connectivity index (χ3v) is 6.80. The van der Waals surface area contributed by atoms with Crippen molar-refractivity contribution in [2.45, 2.75) is 6.10 Å². The van der Waals surface area contributed by atoms with Crippen LogP contribution in [-0.4, -0.2) is 45.2 Å².